The highest BCUT2D eigenvalue weighted by atomic mass is 16.5. The lowest BCUT2D eigenvalue weighted by atomic mass is 10.0. The number of likely N-dealkylation sites (tertiary alicyclic amines) is 2. The quantitative estimate of drug-likeness (QED) is 0.0210. The Morgan fingerprint density at radius 1 is 0.522 bits per heavy atom. The summed E-state index contributed by atoms with van der Waals surface area (Å²) in [6, 6.07) is -7.42. The first kappa shape index (κ1) is 78.8. The van der Waals surface area contributed by atoms with Crippen molar-refractivity contribution in [3.05, 3.63) is 0 Å². The van der Waals surface area contributed by atoms with Crippen molar-refractivity contribution in [2.45, 2.75) is 210 Å². The number of guanidine groups is 1. The van der Waals surface area contributed by atoms with Crippen LogP contribution in [-0.4, -0.2) is 234 Å². The molecule has 0 aliphatic carbocycles. The molecule has 31 heteroatoms. The van der Waals surface area contributed by atoms with Crippen LogP contribution >= 0.6 is 0 Å². The molecular weight excluding hydrogens is 1180 g/mol. The number of nitrogens with two attached hydrogens (primary N) is 3. The number of ether oxygens (including phenoxy) is 2. The summed E-state index contributed by atoms with van der Waals surface area (Å²) in [5.41, 5.74) is 16.7. The molecule has 6 atom stereocenters. The Bertz CT molecular complexity index is 2280. The summed E-state index contributed by atoms with van der Waals surface area (Å²) in [7, 11) is 1.83. The zero-order valence-electron chi connectivity index (χ0n) is 52.6. The first-order chi connectivity index (χ1) is 43.0. The van der Waals surface area contributed by atoms with Crippen molar-refractivity contribution in [2.75, 3.05) is 85.8 Å². The number of rotatable bonds is 53. The molecule has 0 aromatic heterocycles. The molecule has 2 heterocycles. The van der Waals surface area contributed by atoms with Crippen LogP contribution in [-0.2, 0) is 67.0 Å². The average molecular weight is 1280 g/mol. The number of nitrogens with one attached hydrogen (secondary N) is 6. The molecule has 0 aromatic rings. The second-order valence-corrected chi connectivity index (χ2v) is 23.0. The van der Waals surface area contributed by atoms with E-state index in [1.165, 1.54) is 30.6 Å². The van der Waals surface area contributed by atoms with Gasteiger partial charge in [0.1, 0.15) is 36.8 Å². The number of hydrogen-bond donors (Lipinski definition) is 13. The summed E-state index contributed by atoms with van der Waals surface area (Å²) in [5.74, 6) is -10.4. The Hall–Kier alpha value is -7.25. The lowest BCUT2D eigenvalue weighted by molar-refractivity contribution is -0.143. The summed E-state index contributed by atoms with van der Waals surface area (Å²) in [5, 5.41) is 52.8. The van der Waals surface area contributed by atoms with Crippen molar-refractivity contribution < 1.29 is 87.4 Å². The largest absolute Gasteiger partial charge is 0.481 e. The lowest BCUT2D eigenvalue weighted by Gasteiger charge is -2.30. The number of carbonyl (C=O) groups is 12. The number of carbonyl (C=O) groups excluding carboxylic acids is 8. The normalized spacial score (nSPS) is 16.0. The maximum absolute atomic E-state index is 14.1. The second kappa shape index (κ2) is 46.8. The van der Waals surface area contributed by atoms with Crippen LogP contribution in [0.4, 0.5) is 0 Å². The van der Waals surface area contributed by atoms with Gasteiger partial charge in [0.05, 0.1) is 45.4 Å². The zero-order valence-corrected chi connectivity index (χ0v) is 52.6. The van der Waals surface area contributed by atoms with Crippen LogP contribution in [0.2, 0.25) is 0 Å². The lowest BCUT2D eigenvalue weighted by Crippen LogP contribution is -2.59. The number of primary amides is 1. The van der Waals surface area contributed by atoms with Gasteiger partial charge in [0, 0.05) is 39.0 Å². The van der Waals surface area contributed by atoms with Crippen LogP contribution in [0.5, 0.6) is 0 Å². The van der Waals surface area contributed by atoms with E-state index in [4.69, 9.17) is 31.8 Å². The van der Waals surface area contributed by atoms with Crippen molar-refractivity contribution in [3.63, 3.8) is 0 Å². The average Bonchev–Trinajstić information content (AvgIpc) is 2.69. The second-order valence-electron chi connectivity index (χ2n) is 23.0. The van der Waals surface area contributed by atoms with E-state index in [9.17, 15) is 72.9 Å². The van der Waals surface area contributed by atoms with Crippen LogP contribution in [0.1, 0.15) is 173 Å². The molecule has 0 unspecified atom stereocenters. The van der Waals surface area contributed by atoms with Gasteiger partial charge in [-0.15, -0.1) is 0 Å². The highest BCUT2D eigenvalue weighted by molar-refractivity contribution is 5.98. The topological polar surface area (TPSA) is 477 Å². The molecule has 2 aliphatic rings. The molecule has 0 bridgehead atoms. The van der Waals surface area contributed by atoms with E-state index in [1.807, 2.05) is 11.9 Å². The Labute approximate surface area is 527 Å². The highest BCUT2D eigenvalue weighted by Gasteiger charge is 2.41. The van der Waals surface area contributed by atoms with E-state index in [2.05, 4.69) is 36.9 Å². The molecule has 31 nitrogen and oxygen atoms in total. The number of amides is 8. The number of unbranched alkanes of at least 4 members (excludes halogenated alkanes) is 13. The number of aliphatic imine (C=N–C) groups is 1. The fraction of sp³-hybridized carbons (Fsp3) is 0.780. The third kappa shape index (κ3) is 36.4. The molecule has 16 N–H and O–H groups in total. The molecule has 0 spiro atoms. The van der Waals surface area contributed by atoms with Gasteiger partial charge in [-0.1, -0.05) is 64.2 Å². The van der Waals surface area contributed by atoms with Crippen LogP contribution < -0.4 is 49.1 Å². The van der Waals surface area contributed by atoms with Gasteiger partial charge in [-0.2, -0.15) is 0 Å². The summed E-state index contributed by atoms with van der Waals surface area (Å²) in [6.45, 7) is 0.575. The third-order valence-corrected chi connectivity index (χ3v) is 15.4. The summed E-state index contributed by atoms with van der Waals surface area (Å²) < 4.78 is 10.9. The van der Waals surface area contributed by atoms with Crippen LogP contribution in [0, 0.1) is 0 Å². The Morgan fingerprint density at radius 2 is 1.03 bits per heavy atom. The van der Waals surface area contributed by atoms with Crippen LogP contribution in [0.25, 0.3) is 0 Å². The number of carboxylic acid groups (broad SMARTS) is 4. The van der Waals surface area contributed by atoms with Crippen molar-refractivity contribution in [1.29, 1.82) is 0 Å². The van der Waals surface area contributed by atoms with Gasteiger partial charge in [0.15, 0.2) is 5.96 Å². The number of likely N-dealkylation sites (N-methyl/N-ethyl adjacent to an activating group) is 1. The predicted molar refractivity (Wildman–Crippen MR) is 329 cm³/mol. The maximum atomic E-state index is 14.1. The minimum absolute atomic E-state index is 0.0209. The van der Waals surface area contributed by atoms with Gasteiger partial charge in [0.2, 0.25) is 47.3 Å². The molecule has 0 saturated carbocycles. The van der Waals surface area contributed by atoms with E-state index in [1.54, 1.807) is 0 Å². The van der Waals surface area contributed by atoms with E-state index < -0.39 is 115 Å². The Kier molecular flexibility index (Phi) is 41.0. The minimum atomic E-state index is -1.86. The van der Waals surface area contributed by atoms with Gasteiger partial charge in [-0.3, -0.25) is 72.3 Å². The summed E-state index contributed by atoms with van der Waals surface area (Å²) >= 11 is 0. The number of nitrogens with zero attached hydrogens (tertiary/aromatic N) is 4. The van der Waals surface area contributed by atoms with Gasteiger partial charge < -0.3 is 83.9 Å². The van der Waals surface area contributed by atoms with E-state index in [0.29, 0.717) is 51.7 Å². The summed E-state index contributed by atoms with van der Waals surface area (Å²) in [4.78, 5) is 161. The van der Waals surface area contributed by atoms with E-state index >= 15 is 0 Å². The summed E-state index contributed by atoms with van der Waals surface area (Å²) in [6.07, 6.45) is 15.2. The maximum Gasteiger partial charge on any atom is 0.317 e. The highest BCUT2D eigenvalue weighted by Crippen LogP contribution is 2.24. The van der Waals surface area contributed by atoms with Crippen LogP contribution in [0.15, 0.2) is 4.99 Å². The van der Waals surface area contributed by atoms with Gasteiger partial charge >= 0.3 is 23.9 Å². The molecule has 2 aliphatic heterocycles. The molecule has 90 heavy (non-hydrogen) atoms. The molecule has 2 rings (SSSR count). The van der Waals surface area contributed by atoms with Crippen LogP contribution in [0.3, 0.4) is 0 Å². The number of hydrogen-bond acceptors (Lipinski definition) is 17. The predicted octanol–water partition coefficient (Wildman–Crippen LogP) is -0.352. The molecule has 512 valence electrons. The SMILES string of the molecule is CN1CCC[C@H]1C(=O)N1CCC[C@H]1C(=O)N[C@@H](CCCN=C(N)N)C(=O)N[C@@H](CC(=O)O)C(=O)N[C@@H](CCCCN(CC(=O)O)CC(=O)O)C(=O)N[C@@H](CCCCNC(=O)COCCOCCNC(=O)CCCCCCCCCCCCCCC(=O)O)C(N)=O. The zero-order chi connectivity index (χ0) is 66.6. The van der Waals surface area contributed by atoms with Gasteiger partial charge in [-0.05, 0) is 110 Å². The number of carboxylic acids is 4. The van der Waals surface area contributed by atoms with E-state index in [0.717, 1.165) is 62.7 Å². The third-order valence-electron chi connectivity index (χ3n) is 15.4. The van der Waals surface area contributed by atoms with Gasteiger partial charge in [-0.25, -0.2) is 0 Å². The van der Waals surface area contributed by atoms with E-state index in [-0.39, 0.29) is 115 Å². The minimum Gasteiger partial charge on any atom is -0.481 e. The number of aliphatic carboxylic acids is 4. The fourth-order valence-corrected chi connectivity index (χ4v) is 10.6. The molecule has 2 saturated heterocycles. The smallest absolute Gasteiger partial charge is 0.317 e. The van der Waals surface area contributed by atoms with Crippen molar-refractivity contribution in [1.82, 2.24) is 46.6 Å². The fourth-order valence-electron chi connectivity index (χ4n) is 10.6. The molecule has 2 fully saturated rings. The Morgan fingerprint density at radius 3 is 1.61 bits per heavy atom. The van der Waals surface area contributed by atoms with Gasteiger partial charge in [0.25, 0.3) is 0 Å². The monoisotopic (exact) mass is 1280 g/mol. The van der Waals surface area contributed by atoms with Crippen molar-refractivity contribution >= 4 is 77.1 Å². The van der Waals surface area contributed by atoms with Crippen molar-refractivity contribution in [3.8, 4) is 0 Å². The standard InChI is InChI=1S/C59H103N13O18/c1-70-31-19-25-46(70)58(88)72-33-20-24-45(72)57(87)68-43(23-18-29-65-59(61)62)55(85)69-44(37-50(77)78)56(86)67-42(22-15-17-32-71(38-51(79)80)39-52(81)82)54(84)66-41(53(60)83)21-14-16-28-63-48(74)40-90-36-35-89-34-30-64-47(73)26-12-10-8-6-4-2-3-5-7-9-11-13-27-49(75)76/h41-46H,2-40H2,1H3,(H2,60,83)(H,63,74)(H,64,73)(H,66,84)(H,67,86)(H,68,87)(H,69,85)(H,75,76)(H,77,78)(H,79,80)(H,81,82)(H4,61,62,65)/t41-,42-,43-,44-,45-,46-/m0/s1. The first-order valence-corrected chi connectivity index (χ1v) is 31.8. The molecule has 8 amide bonds. The molecular formula is C59H103N13O18. The first-order valence-electron chi connectivity index (χ1n) is 31.8. The molecule has 0 radical (unpaired) electrons. The Balaban J connectivity index is 1.93. The van der Waals surface area contributed by atoms with Crippen molar-refractivity contribution in [2.24, 2.45) is 22.2 Å². The molecule has 0 aromatic carbocycles.